The fourth-order valence-electron chi connectivity index (χ4n) is 3.00. The molecule has 0 atom stereocenters. The third-order valence-corrected chi connectivity index (χ3v) is 5.50. The number of carbonyl (C=O) groups excluding carboxylic acids is 1. The van der Waals surface area contributed by atoms with Gasteiger partial charge in [0.25, 0.3) is 5.91 Å². The number of hydrogen-bond acceptors (Lipinski definition) is 6. The molecule has 138 valence electrons. The third kappa shape index (κ3) is 3.00. The Morgan fingerprint density at radius 3 is 2.86 bits per heavy atom. The lowest BCUT2D eigenvalue weighted by Gasteiger charge is -2.15. The standard InChI is InChI=1S/C20H12BrN3O3S/c21-14-3-1-2-13(10-14)18-23-15(19(25)24(18)20-22-6-7-28-20)8-12-4-5-16-17(9-12)27-11-26-16/h1-10H,11H2/b15-8-. The lowest BCUT2D eigenvalue weighted by Crippen LogP contribution is -2.32. The number of fused-ring (bicyclic) bond motifs is 1. The maximum Gasteiger partial charge on any atom is 0.284 e. The van der Waals surface area contributed by atoms with Crippen LogP contribution in [0.2, 0.25) is 0 Å². The molecule has 5 rings (SSSR count). The molecule has 2 aliphatic heterocycles. The molecule has 1 aromatic heterocycles. The number of benzene rings is 2. The number of thiazole rings is 1. The molecular weight excluding hydrogens is 442 g/mol. The fraction of sp³-hybridized carbons (Fsp3) is 0.0500. The van der Waals surface area contributed by atoms with Gasteiger partial charge in [0, 0.05) is 21.6 Å². The SMILES string of the molecule is O=C1/C(=C/c2ccc3c(c2)OCO3)N=C(c2cccc(Br)c2)N1c1nccs1. The summed E-state index contributed by atoms with van der Waals surface area (Å²) in [6, 6.07) is 13.2. The Labute approximate surface area is 172 Å². The molecule has 28 heavy (non-hydrogen) atoms. The Balaban J connectivity index is 1.59. The molecule has 0 radical (unpaired) electrons. The highest BCUT2D eigenvalue weighted by molar-refractivity contribution is 9.10. The molecule has 0 fully saturated rings. The number of hydrogen-bond donors (Lipinski definition) is 0. The normalized spacial score (nSPS) is 16.8. The van der Waals surface area contributed by atoms with Crippen LogP contribution in [0.1, 0.15) is 11.1 Å². The Morgan fingerprint density at radius 2 is 2.04 bits per heavy atom. The smallest absolute Gasteiger partial charge is 0.284 e. The number of rotatable bonds is 3. The summed E-state index contributed by atoms with van der Waals surface area (Å²) in [7, 11) is 0. The first-order valence-corrected chi connectivity index (χ1v) is 10.1. The van der Waals surface area contributed by atoms with E-state index < -0.39 is 0 Å². The molecular formula is C20H12BrN3O3S. The van der Waals surface area contributed by atoms with E-state index in [1.54, 1.807) is 17.2 Å². The van der Waals surface area contributed by atoms with E-state index >= 15 is 0 Å². The number of carbonyl (C=O) groups is 1. The van der Waals surface area contributed by atoms with Crippen LogP contribution in [0.25, 0.3) is 6.08 Å². The molecule has 3 aromatic rings. The zero-order chi connectivity index (χ0) is 19.1. The number of nitrogens with zero attached hydrogens (tertiary/aromatic N) is 3. The van der Waals surface area contributed by atoms with E-state index in [4.69, 9.17) is 9.47 Å². The van der Waals surface area contributed by atoms with Gasteiger partial charge in [0.2, 0.25) is 6.79 Å². The topological polar surface area (TPSA) is 64.0 Å². The van der Waals surface area contributed by atoms with Crippen molar-refractivity contribution in [1.82, 2.24) is 4.98 Å². The van der Waals surface area contributed by atoms with E-state index in [1.165, 1.54) is 11.3 Å². The average Bonchev–Trinajstić information content (AvgIpc) is 3.42. The van der Waals surface area contributed by atoms with Gasteiger partial charge in [0.1, 0.15) is 11.5 Å². The van der Waals surface area contributed by atoms with E-state index in [1.807, 2.05) is 47.8 Å². The molecule has 2 aliphatic rings. The van der Waals surface area contributed by atoms with Crippen molar-refractivity contribution in [2.24, 2.45) is 4.99 Å². The van der Waals surface area contributed by atoms with Crippen LogP contribution >= 0.6 is 27.3 Å². The van der Waals surface area contributed by atoms with Crippen molar-refractivity contribution < 1.29 is 14.3 Å². The van der Waals surface area contributed by atoms with Crippen molar-refractivity contribution in [2.45, 2.75) is 0 Å². The van der Waals surface area contributed by atoms with Crippen LogP contribution in [0.15, 0.2) is 69.2 Å². The van der Waals surface area contributed by atoms with Gasteiger partial charge in [-0.1, -0.05) is 34.1 Å². The first-order chi connectivity index (χ1) is 13.7. The number of anilines is 1. The van der Waals surface area contributed by atoms with Gasteiger partial charge in [-0.3, -0.25) is 4.79 Å². The maximum absolute atomic E-state index is 13.2. The van der Waals surface area contributed by atoms with Crippen molar-refractivity contribution in [3.63, 3.8) is 0 Å². The number of amides is 1. The second kappa shape index (κ2) is 6.88. The molecule has 0 aliphatic carbocycles. The van der Waals surface area contributed by atoms with Crippen LogP contribution < -0.4 is 14.4 Å². The van der Waals surface area contributed by atoms with Gasteiger partial charge in [-0.25, -0.2) is 14.9 Å². The monoisotopic (exact) mass is 453 g/mol. The number of aliphatic imine (C=N–C) groups is 1. The van der Waals surface area contributed by atoms with Crippen LogP contribution in [-0.4, -0.2) is 23.5 Å². The first kappa shape index (κ1) is 17.2. The second-order valence-corrected chi connectivity index (χ2v) is 7.83. The molecule has 0 unspecified atom stereocenters. The zero-order valence-corrected chi connectivity index (χ0v) is 16.7. The predicted octanol–water partition coefficient (Wildman–Crippen LogP) is 4.47. The highest BCUT2D eigenvalue weighted by Crippen LogP contribution is 2.34. The molecule has 0 N–H and O–H groups in total. The van der Waals surface area contributed by atoms with Gasteiger partial charge in [0.05, 0.1) is 0 Å². The van der Waals surface area contributed by atoms with Gasteiger partial charge < -0.3 is 9.47 Å². The predicted molar refractivity (Wildman–Crippen MR) is 111 cm³/mol. The summed E-state index contributed by atoms with van der Waals surface area (Å²) in [4.78, 5) is 23.6. The lowest BCUT2D eigenvalue weighted by molar-refractivity contribution is -0.113. The molecule has 1 amide bonds. The molecule has 3 heterocycles. The summed E-state index contributed by atoms with van der Waals surface area (Å²) in [5, 5.41) is 2.42. The van der Waals surface area contributed by atoms with E-state index in [2.05, 4.69) is 25.9 Å². The van der Waals surface area contributed by atoms with Crippen LogP contribution in [0.4, 0.5) is 5.13 Å². The molecule has 8 heteroatoms. The summed E-state index contributed by atoms with van der Waals surface area (Å²) in [6.45, 7) is 0.206. The summed E-state index contributed by atoms with van der Waals surface area (Å²) in [6.07, 6.45) is 3.42. The van der Waals surface area contributed by atoms with Crippen LogP contribution in [0.3, 0.4) is 0 Å². The Kier molecular flexibility index (Phi) is 4.22. The Hall–Kier alpha value is -2.97. The van der Waals surface area contributed by atoms with Crippen LogP contribution in [-0.2, 0) is 4.79 Å². The summed E-state index contributed by atoms with van der Waals surface area (Å²) in [5.41, 5.74) is 1.97. The molecule has 0 saturated heterocycles. The van der Waals surface area contributed by atoms with Crippen molar-refractivity contribution in [2.75, 3.05) is 11.7 Å². The van der Waals surface area contributed by atoms with E-state index in [0.29, 0.717) is 28.2 Å². The third-order valence-electron chi connectivity index (χ3n) is 4.25. The molecule has 0 saturated carbocycles. The minimum Gasteiger partial charge on any atom is -0.454 e. The van der Waals surface area contributed by atoms with E-state index in [0.717, 1.165) is 15.6 Å². The first-order valence-electron chi connectivity index (χ1n) is 8.39. The molecule has 6 nitrogen and oxygen atoms in total. The Bertz CT molecular complexity index is 1140. The number of aromatic nitrogens is 1. The maximum atomic E-state index is 13.2. The van der Waals surface area contributed by atoms with Gasteiger partial charge in [-0.05, 0) is 35.9 Å². The van der Waals surface area contributed by atoms with Gasteiger partial charge in [-0.15, -0.1) is 11.3 Å². The Morgan fingerprint density at radius 1 is 1.14 bits per heavy atom. The van der Waals surface area contributed by atoms with Gasteiger partial charge in [-0.2, -0.15) is 0 Å². The molecule has 0 bridgehead atoms. The van der Waals surface area contributed by atoms with E-state index in [9.17, 15) is 4.79 Å². The molecule has 0 spiro atoms. The molecule has 2 aromatic carbocycles. The summed E-state index contributed by atoms with van der Waals surface area (Å²) in [5.74, 6) is 1.69. The number of amidine groups is 1. The minimum atomic E-state index is -0.220. The van der Waals surface area contributed by atoms with Crippen molar-refractivity contribution >= 4 is 50.2 Å². The highest BCUT2D eigenvalue weighted by Gasteiger charge is 2.34. The van der Waals surface area contributed by atoms with Crippen molar-refractivity contribution in [3.05, 3.63) is 75.3 Å². The van der Waals surface area contributed by atoms with Crippen molar-refractivity contribution in [3.8, 4) is 11.5 Å². The largest absolute Gasteiger partial charge is 0.454 e. The quantitative estimate of drug-likeness (QED) is 0.548. The minimum absolute atomic E-state index is 0.206. The van der Waals surface area contributed by atoms with Gasteiger partial charge >= 0.3 is 0 Å². The van der Waals surface area contributed by atoms with E-state index in [-0.39, 0.29) is 12.7 Å². The average molecular weight is 454 g/mol. The van der Waals surface area contributed by atoms with Crippen LogP contribution in [0, 0.1) is 0 Å². The van der Waals surface area contributed by atoms with Crippen LogP contribution in [0.5, 0.6) is 11.5 Å². The lowest BCUT2D eigenvalue weighted by atomic mass is 10.1. The summed E-state index contributed by atoms with van der Waals surface area (Å²) >= 11 is 4.87. The second-order valence-electron chi connectivity index (χ2n) is 6.04. The fourth-order valence-corrected chi connectivity index (χ4v) is 4.04. The highest BCUT2D eigenvalue weighted by atomic mass is 79.9. The zero-order valence-electron chi connectivity index (χ0n) is 14.3. The summed E-state index contributed by atoms with van der Waals surface area (Å²) < 4.78 is 11.7. The van der Waals surface area contributed by atoms with Crippen molar-refractivity contribution in [1.29, 1.82) is 0 Å². The number of ether oxygens (including phenoxy) is 2. The van der Waals surface area contributed by atoms with Gasteiger partial charge in [0.15, 0.2) is 16.6 Å². The number of halogens is 1.